The van der Waals surface area contributed by atoms with Crippen LogP contribution in [0.1, 0.15) is 37.7 Å². The number of nitrogens with one attached hydrogen (secondary N) is 1. The molecule has 0 spiro atoms. The predicted octanol–water partition coefficient (Wildman–Crippen LogP) is 2.96. The van der Waals surface area contributed by atoms with Crippen LogP contribution in [0.2, 0.25) is 5.02 Å². The molecule has 1 amide bonds. The molecule has 0 aliphatic heterocycles. The third kappa shape index (κ3) is 4.24. The summed E-state index contributed by atoms with van der Waals surface area (Å²) in [5, 5.41) is 38.4. The number of nitrogens with zero attached hydrogens (tertiary/aromatic N) is 5. The number of carboxylic acid groups (broad SMARTS) is 1. The summed E-state index contributed by atoms with van der Waals surface area (Å²) in [5.74, 6) is -2.48. The summed E-state index contributed by atoms with van der Waals surface area (Å²) in [4.78, 5) is 31.8. The Labute approximate surface area is 197 Å². The highest BCUT2D eigenvalue weighted by Crippen LogP contribution is 2.28. The van der Waals surface area contributed by atoms with Gasteiger partial charge in [-0.3, -0.25) is 4.79 Å². The fourth-order valence-corrected chi connectivity index (χ4v) is 3.39. The maximum absolute atomic E-state index is 12.3. The Bertz CT molecular complexity index is 1500. The lowest BCUT2D eigenvalue weighted by Gasteiger charge is -2.04. The van der Waals surface area contributed by atoms with Crippen molar-refractivity contribution in [1.82, 2.24) is 25.2 Å². The first-order valence-electron chi connectivity index (χ1n) is 9.78. The number of fused-ring (bicyclic) bond motifs is 1. The molecule has 4 rings (SSSR count). The summed E-state index contributed by atoms with van der Waals surface area (Å²) in [6.07, 6.45) is 2.76. The highest BCUT2D eigenvalue weighted by Gasteiger charge is 2.17. The Morgan fingerprint density at radius 2 is 1.88 bits per heavy atom. The van der Waals surface area contributed by atoms with Gasteiger partial charge in [-0.15, -0.1) is 5.10 Å². The van der Waals surface area contributed by atoms with Crippen LogP contribution >= 0.6 is 11.6 Å². The van der Waals surface area contributed by atoms with Crippen LogP contribution in [0, 0.1) is 13.8 Å². The first-order valence-corrected chi connectivity index (χ1v) is 10.2. The number of carbonyl (C=O) groups excluding carboxylic acids is 1. The maximum atomic E-state index is 12.3. The number of hydrazone groups is 1. The number of aromatic nitrogens is 4. The molecule has 0 atom stereocenters. The number of rotatable bonds is 5. The molecule has 3 aromatic heterocycles. The normalized spacial score (nSPS) is 11.3. The number of carboxylic acids is 1. The average molecular weight is 481 g/mol. The summed E-state index contributed by atoms with van der Waals surface area (Å²) < 4.78 is 1.39. The molecule has 34 heavy (non-hydrogen) atoms. The molecular weight excluding hydrogens is 464 g/mol. The van der Waals surface area contributed by atoms with Crippen LogP contribution in [-0.2, 0) is 0 Å². The molecule has 4 aromatic rings. The fraction of sp³-hybridized carbons (Fsp3) is 0.0909. The molecule has 11 nitrogen and oxygen atoms in total. The number of benzene rings is 1. The summed E-state index contributed by atoms with van der Waals surface area (Å²) in [5.41, 5.74) is 3.84. The van der Waals surface area contributed by atoms with Crippen molar-refractivity contribution in [1.29, 1.82) is 0 Å². The average Bonchev–Trinajstić information content (AvgIpc) is 3.19. The van der Waals surface area contributed by atoms with E-state index in [4.69, 9.17) is 11.6 Å². The van der Waals surface area contributed by atoms with Crippen LogP contribution in [0.4, 0.5) is 0 Å². The second-order valence-corrected chi connectivity index (χ2v) is 7.67. The number of aromatic carboxylic acids is 1. The van der Waals surface area contributed by atoms with Crippen LogP contribution in [-0.4, -0.2) is 53.2 Å². The summed E-state index contributed by atoms with van der Waals surface area (Å²) in [6, 6.07) is 7.37. The monoisotopic (exact) mass is 480 g/mol. The fourth-order valence-electron chi connectivity index (χ4n) is 3.19. The van der Waals surface area contributed by atoms with Gasteiger partial charge in [0.1, 0.15) is 11.3 Å². The molecule has 1 aromatic carbocycles. The smallest absolute Gasteiger partial charge is 0.337 e. The summed E-state index contributed by atoms with van der Waals surface area (Å²) >= 11 is 5.94. The summed E-state index contributed by atoms with van der Waals surface area (Å²) in [6.45, 7) is 3.25. The van der Waals surface area contributed by atoms with E-state index in [9.17, 15) is 24.9 Å². The van der Waals surface area contributed by atoms with Gasteiger partial charge >= 0.3 is 5.97 Å². The molecule has 3 heterocycles. The van der Waals surface area contributed by atoms with Crippen LogP contribution in [0.5, 0.6) is 11.6 Å². The zero-order chi connectivity index (χ0) is 24.6. The minimum Gasteiger partial charge on any atom is -0.505 e. The van der Waals surface area contributed by atoms with Crippen molar-refractivity contribution in [3.05, 3.63) is 69.6 Å². The minimum atomic E-state index is -1.19. The molecule has 0 saturated carbocycles. The van der Waals surface area contributed by atoms with E-state index in [-0.39, 0.29) is 38.8 Å². The van der Waals surface area contributed by atoms with E-state index in [0.717, 1.165) is 0 Å². The van der Waals surface area contributed by atoms with E-state index < -0.39 is 17.8 Å². The van der Waals surface area contributed by atoms with E-state index in [0.29, 0.717) is 16.8 Å². The molecule has 0 saturated heterocycles. The van der Waals surface area contributed by atoms with Crippen molar-refractivity contribution in [3.8, 4) is 17.3 Å². The summed E-state index contributed by atoms with van der Waals surface area (Å²) in [7, 11) is 0. The van der Waals surface area contributed by atoms with E-state index in [2.05, 4.69) is 25.6 Å². The number of carbonyl (C=O) groups is 2. The molecule has 0 unspecified atom stereocenters. The number of aromatic hydroxyl groups is 2. The third-order valence-corrected chi connectivity index (χ3v) is 5.25. The molecule has 0 radical (unpaired) electrons. The lowest BCUT2D eigenvalue weighted by Crippen LogP contribution is -2.18. The van der Waals surface area contributed by atoms with E-state index in [1.54, 1.807) is 26.0 Å². The molecule has 0 aliphatic rings. The van der Waals surface area contributed by atoms with Gasteiger partial charge < -0.3 is 15.3 Å². The second-order valence-electron chi connectivity index (χ2n) is 7.26. The van der Waals surface area contributed by atoms with Crippen LogP contribution in [0.15, 0.2) is 41.6 Å². The first kappa shape index (κ1) is 22.7. The molecule has 12 heteroatoms. The van der Waals surface area contributed by atoms with Gasteiger partial charge in [0.15, 0.2) is 5.65 Å². The standard InChI is InChI=1S/C22H17ClN6O5/c1-10-3-5-13(20(31)25-10)21(32)27-24-8-15-16-9-29(28-19(16)26-11(2)18(15)30)12-4-6-17(23)14(7-12)22(33)34/h3-9,30H,1-2H3,(H,25,31)(H,27,32)(H,33,34). The molecule has 4 N–H and O–H groups in total. The molecule has 172 valence electrons. The van der Waals surface area contributed by atoms with Gasteiger partial charge in [-0.05, 0) is 44.2 Å². The number of hydrogen-bond acceptors (Lipinski definition) is 8. The first-order chi connectivity index (χ1) is 16.2. The Morgan fingerprint density at radius 3 is 2.59 bits per heavy atom. The van der Waals surface area contributed by atoms with E-state index >= 15 is 0 Å². The van der Waals surface area contributed by atoms with Crippen molar-refractivity contribution >= 4 is 40.7 Å². The van der Waals surface area contributed by atoms with Gasteiger partial charge in [-0.1, -0.05) is 11.6 Å². The van der Waals surface area contributed by atoms with Crippen molar-refractivity contribution in [2.45, 2.75) is 13.8 Å². The van der Waals surface area contributed by atoms with Gasteiger partial charge in [0.2, 0.25) is 5.88 Å². The maximum Gasteiger partial charge on any atom is 0.337 e. The van der Waals surface area contributed by atoms with E-state index in [1.807, 2.05) is 0 Å². The molecular formula is C22H17ClN6O5. The Hall–Kier alpha value is -4.51. The zero-order valence-electron chi connectivity index (χ0n) is 17.8. The lowest BCUT2D eigenvalue weighted by atomic mass is 10.1. The Kier molecular flexibility index (Phi) is 5.86. The van der Waals surface area contributed by atoms with Gasteiger partial charge in [0.25, 0.3) is 5.91 Å². The van der Waals surface area contributed by atoms with E-state index in [1.165, 1.54) is 35.3 Å². The molecule has 0 aliphatic carbocycles. The van der Waals surface area contributed by atoms with Crippen LogP contribution in [0.3, 0.4) is 0 Å². The quantitative estimate of drug-likeness (QED) is 0.250. The van der Waals surface area contributed by atoms with Crippen molar-refractivity contribution in [2.75, 3.05) is 0 Å². The largest absolute Gasteiger partial charge is 0.505 e. The van der Waals surface area contributed by atoms with Crippen molar-refractivity contribution in [2.24, 2.45) is 5.10 Å². The number of pyridine rings is 2. The Morgan fingerprint density at radius 1 is 1.12 bits per heavy atom. The number of halogens is 1. The van der Waals surface area contributed by atoms with Gasteiger partial charge in [-0.25, -0.2) is 24.9 Å². The second kappa shape index (κ2) is 8.79. The lowest BCUT2D eigenvalue weighted by molar-refractivity contribution is 0.0696. The molecule has 0 bridgehead atoms. The zero-order valence-corrected chi connectivity index (χ0v) is 18.6. The van der Waals surface area contributed by atoms with Gasteiger partial charge in [-0.2, -0.15) is 5.10 Å². The SMILES string of the molecule is Cc1ccc(C(=O)NN=Cc2c(O)c(C)nc3nn(-c4ccc(Cl)c(C(=O)O)c4)cc23)c(O)n1. The predicted molar refractivity (Wildman–Crippen MR) is 123 cm³/mol. The number of aryl methyl sites for hydroxylation is 2. The topological polar surface area (TPSA) is 163 Å². The van der Waals surface area contributed by atoms with Crippen LogP contribution in [0.25, 0.3) is 16.7 Å². The van der Waals surface area contributed by atoms with Crippen molar-refractivity contribution in [3.63, 3.8) is 0 Å². The third-order valence-electron chi connectivity index (χ3n) is 4.92. The molecule has 0 fully saturated rings. The minimum absolute atomic E-state index is 0.0622. The number of amides is 1. The van der Waals surface area contributed by atoms with Crippen LogP contribution < -0.4 is 5.43 Å². The van der Waals surface area contributed by atoms with Gasteiger partial charge in [0, 0.05) is 11.9 Å². The number of hydrogen-bond donors (Lipinski definition) is 4. The highest BCUT2D eigenvalue weighted by atomic mass is 35.5. The van der Waals surface area contributed by atoms with Crippen molar-refractivity contribution < 1.29 is 24.9 Å². The Balaban J connectivity index is 1.70. The van der Waals surface area contributed by atoms with Gasteiger partial charge in [0.05, 0.1) is 39.1 Å². The highest BCUT2D eigenvalue weighted by molar-refractivity contribution is 6.33.